The summed E-state index contributed by atoms with van der Waals surface area (Å²) in [6.07, 6.45) is 0. The number of hydrogen-bond donors (Lipinski definition) is 2. The highest BCUT2D eigenvalue weighted by Crippen LogP contribution is 2.39. The van der Waals surface area contributed by atoms with Crippen LogP contribution in [0.3, 0.4) is 0 Å². The van der Waals surface area contributed by atoms with Gasteiger partial charge in [-0.3, -0.25) is 0 Å². The number of nitrogens with zero attached hydrogens (tertiary/aromatic N) is 1. The lowest BCUT2D eigenvalue weighted by Gasteiger charge is -2.13. The van der Waals surface area contributed by atoms with Crippen molar-refractivity contribution in [2.45, 2.75) is 6.92 Å². The minimum absolute atomic E-state index is 0.574. The highest BCUT2D eigenvalue weighted by Gasteiger charge is 2.13. The Kier molecular flexibility index (Phi) is 2.84. The van der Waals surface area contributed by atoms with Gasteiger partial charge < -0.3 is 11.5 Å². The molecule has 0 saturated carbocycles. The minimum Gasteiger partial charge on any atom is -0.398 e. The van der Waals surface area contributed by atoms with Gasteiger partial charge in [0, 0.05) is 16.9 Å². The van der Waals surface area contributed by atoms with E-state index in [2.05, 4.69) is 11.1 Å². The first kappa shape index (κ1) is 12.3. The van der Waals surface area contributed by atoms with Crippen LogP contribution in [0.15, 0.2) is 29.8 Å². The third-order valence-electron chi connectivity index (χ3n) is 3.25. The lowest BCUT2D eigenvalue weighted by atomic mass is 9.99. The maximum Gasteiger partial charge on any atom is 0.0812 e. The van der Waals surface area contributed by atoms with E-state index < -0.39 is 0 Å². The SMILES string of the molecule is Cc1c(N)cc(Cl)c(-c2ccc3ncsc3c2)c1N. The Morgan fingerprint density at radius 2 is 2.00 bits per heavy atom. The Balaban J connectivity index is 2.29. The van der Waals surface area contributed by atoms with Crippen molar-refractivity contribution in [2.24, 2.45) is 0 Å². The van der Waals surface area contributed by atoms with Crippen LogP contribution in [0.4, 0.5) is 11.4 Å². The fraction of sp³-hybridized carbons (Fsp3) is 0.0714. The summed E-state index contributed by atoms with van der Waals surface area (Å²) in [4.78, 5) is 4.26. The molecule has 0 atom stereocenters. The van der Waals surface area contributed by atoms with Crippen molar-refractivity contribution in [2.75, 3.05) is 11.5 Å². The van der Waals surface area contributed by atoms with Gasteiger partial charge in [-0.2, -0.15) is 0 Å². The standard InChI is InChI=1S/C14H12ClN3S/c1-7-10(16)5-9(15)13(14(7)17)8-2-3-11-12(4-8)19-6-18-11/h2-6H,16-17H2,1H3. The molecule has 0 fully saturated rings. The molecule has 0 amide bonds. The van der Waals surface area contributed by atoms with Crippen molar-refractivity contribution in [3.05, 3.63) is 40.4 Å². The number of nitrogen functional groups attached to an aromatic ring is 2. The second-order valence-corrected chi connectivity index (χ2v) is 5.69. The van der Waals surface area contributed by atoms with Gasteiger partial charge in [0.25, 0.3) is 0 Å². The van der Waals surface area contributed by atoms with Crippen molar-refractivity contribution in [1.29, 1.82) is 0 Å². The van der Waals surface area contributed by atoms with Crippen LogP contribution in [0.5, 0.6) is 0 Å². The average Bonchev–Trinajstić information content (AvgIpc) is 2.83. The molecular weight excluding hydrogens is 278 g/mol. The summed E-state index contributed by atoms with van der Waals surface area (Å²) >= 11 is 7.89. The predicted octanol–water partition coefficient (Wildman–Crippen LogP) is 4.09. The molecule has 0 unspecified atom stereocenters. The quantitative estimate of drug-likeness (QED) is 0.663. The van der Waals surface area contributed by atoms with E-state index in [1.54, 1.807) is 17.4 Å². The Morgan fingerprint density at radius 3 is 2.79 bits per heavy atom. The number of rotatable bonds is 1. The van der Waals surface area contributed by atoms with E-state index in [0.717, 1.165) is 26.9 Å². The molecule has 0 aliphatic rings. The van der Waals surface area contributed by atoms with Crippen LogP contribution in [0.1, 0.15) is 5.56 Å². The molecule has 0 bridgehead atoms. The number of hydrogen-bond acceptors (Lipinski definition) is 4. The minimum atomic E-state index is 0.574. The lowest BCUT2D eigenvalue weighted by molar-refractivity contribution is 1.46. The van der Waals surface area contributed by atoms with Crippen LogP contribution in [-0.4, -0.2) is 4.98 Å². The van der Waals surface area contributed by atoms with E-state index >= 15 is 0 Å². The van der Waals surface area contributed by atoms with Gasteiger partial charge in [-0.15, -0.1) is 11.3 Å². The van der Waals surface area contributed by atoms with Crippen molar-refractivity contribution in [3.8, 4) is 11.1 Å². The van der Waals surface area contributed by atoms with Crippen LogP contribution in [0.25, 0.3) is 21.3 Å². The summed E-state index contributed by atoms with van der Waals surface area (Å²) in [7, 11) is 0. The number of fused-ring (bicyclic) bond motifs is 1. The molecule has 3 aromatic rings. The largest absolute Gasteiger partial charge is 0.398 e. The van der Waals surface area contributed by atoms with Gasteiger partial charge in [-0.1, -0.05) is 17.7 Å². The van der Waals surface area contributed by atoms with Crippen molar-refractivity contribution >= 4 is 44.5 Å². The summed E-state index contributed by atoms with van der Waals surface area (Å²) in [6, 6.07) is 7.76. The lowest BCUT2D eigenvalue weighted by Crippen LogP contribution is -1.99. The van der Waals surface area contributed by atoms with Gasteiger partial charge in [0.1, 0.15) is 0 Å². The van der Waals surface area contributed by atoms with Gasteiger partial charge >= 0.3 is 0 Å². The Labute approximate surface area is 119 Å². The van der Waals surface area contributed by atoms with Crippen LogP contribution in [0.2, 0.25) is 5.02 Å². The molecule has 3 rings (SSSR count). The van der Waals surface area contributed by atoms with E-state index in [1.165, 1.54) is 0 Å². The van der Waals surface area contributed by atoms with E-state index in [1.807, 2.05) is 24.6 Å². The van der Waals surface area contributed by atoms with Gasteiger partial charge in [0.15, 0.2) is 0 Å². The highest BCUT2D eigenvalue weighted by molar-refractivity contribution is 7.16. The normalized spacial score (nSPS) is 11.1. The number of halogens is 1. The van der Waals surface area contributed by atoms with Crippen LogP contribution in [0, 0.1) is 6.92 Å². The Bertz CT molecular complexity index is 780. The predicted molar refractivity (Wildman–Crippen MR) is 83.6 cm³/mol. The summed E-state index contributed by atoms with van der Waals surface area (Å²) in [5.74, 6) is 0. The second-order valence-electron chi connectivity index (χ2n) is 4.40. The van der Waals surface area contributed by atoms with Crippen LogP contribution < -0.4 is 11.5 Å². The van der Waals surface area contributed by atoms with Crippen molar-refractivity contribution in [3.63, 3.8) is 0 Å². The molecule has 1 heterocycles. The van der Waals surface area contributed by atoms with Gasteiger partial charge in [0.05, 0.1) is 20.7 Å². The molecule has 2 aromatic carbocycles. The molecule has 0 saturated heterocycles. The Morgan fingerprint density at radius 1 is 1.21 bits per heavy atom. The number of aromatic nitrogens is 1. The topological polar surface area (TPSA) is 64.9 Å². The third-order valence-corrected chi connectivity index (χ3v) is 4.34. The number of nitrogens with two attached hydrogens (primary N) is 2. The van der Waals surface area contributed by atoms with Gasteiger partial charge in [-0.05, 0) is 36.2 Å². The first-order chi connectivity index (χ1) is 9.08. The van der Waals surface area contributed by atoms with E-state index in [9.17, 15) is 0 Å². The molecule has 0 aliphatic heterocycles. The molecule has 0 spiro atoms. The van der Waals surface area contributed by atoms with Crippen LogP contribution in [-0.2, 0) is 0 Å². The van der Waals surface area contributed by atoms with Crippen molar-refractivity contribution in [1.82, 2.24) is 4.98 Å². The molecule has 4 N–H and O–H groups in total. The molecule has 96 valence electrons. The number of benzene rings is 2. The van der Waals surface area contributed by atoms with E-state index in [4.69, 9.17) is 23.1 Å². The smallest absolute Gasteiger partial charge is 0.0812 e. The molecule has 19 heavy (non-hydrogen) atoms. The summed E-state index contributed by atoms with van der Waals surface area (Å²) in [6.45, 7) is 1.90. The second kappa shape index (κ2) is 4.40. The van der Waals surface area contributed by atoms with Gasteiger partial charge in [0.2, 0.25) is 0 Å². The molecule has 1 aromatic heterocycles. The maximum atomic E-state index is 6.29. The Hall–Kier alpha value is -1.78. The van der Waals surface area contributed by atoms with Crippen LogP contribution >= 0.6 is 22.9 Å². The van der Waals surface area contributed by atoms with E-state index in [-0.39, 0.29) is 0 Å². The number of anilines is 2. The summed E-state index contributed by atoms with van der Waals surface area (Å²) in [5.41, 5.74) is 18.8. The molecular formula is C14H12ClN3S. The summed E-state index contributed by atoms with van der Waals surface area (Å²) < 4.78 is 1.11. The zero-order valence-electron chi connectivity index (χ0n) is 10.3. The fourth-order valence-corrected chi connectivity index (χ4v) is 3.14. The zero-order chi connectivity index (χ0) is 13.6. The van der Waals surface area contributed by atoms with E-state index in [0.29, 0.717) is 16.4 Å². The molecule has 3 nitrogen and oxygen atoms in total. The fourth-order valence-electron chi connectivity index (χ4n) is 2.09. The molecule has 5 heteroatoms. The average molecular weight is 290 g/mol. The molecule has 0 aliphatic carbocycles. The number of thiazole rings is 1. The first-order valence-electron chi connectivity index (χ1n) is 5.75. The first-order valence-corrected chi connectivity index (χ1v) is 7.01. The highest BCUT2D eigenvalue weighted by atomic mass is 35.5. The monoisotopic (exact) mass is 289 g/mol. The zero-order valence-corrected chi connectivity index (χ0v) is 11.8. The molecule has 0 radical (unpaired) electrons. The van der Waals surface area contributed by atoms with Gasteiger partial charge in [-0.25, -0.2) is 4.98 Å². The third kappa shape index (κ3) is 1.93. The maximum absolute atomic E-state index is 6.29. The summed E-state index contributed by atoms with van der Waals surface area (Å²) in [5, 5.41) is 0.574. The van der Waals surface area contributed by atoms with Crippen molar-refractivity contribution < 1.29 is 0 Å².